The molecule has 1 aliphatic rings. The predicted octanol–water partition coefficient (Wildman–Crippen LogP) is 4.09. The summed E-state index contributed by atoms with van der Waals surface area (Å²) in [5.41, 5.74) is 3.79. The molecule has 1 unspecified atom stereocenters. The van der Waals surface area contributed by atoms with Crippen LogP contribution in [-0.4, -0.2) is 12.2 Å². The minimum Gasteiger partial charge on any atom is -0.496 e. The van der Waals surface area contributed by atoms with Gasteiger partial charge in [0, 0.05) is 10.3 Å². The van der Waals surface area contributed by atoms with Gasteiger partial charge in [0.15, 0.2) is 0 Å². The fourth-order valence-corrected chi connectivity index (χ4v) is 4.10. The second-order valence-electron chi connectivity index (χ2n) is 5.45. The van der Waals surface area contributed by atoms with Crippen molar-refractivity contribution in [3.05, 3.63) is 63.3 Å². The monoisotopic (exact) mass is 296 g/mol. The van der Waals surface area contributed by atoms with E-state index in [2.05, 4.69) is 30.3 Å². The number of benzene rings is 2. The van der Waals surface area contributed by atoms with E-state index >= 15 is 0 Å². The van der Waals surface area contributed by atoms with Crippen molar-refractivity contribution in [3.8, 4) is 5.75 Å². The molecule has 0 saturated carbocycles. The molecule has 1 heterocycles. The first-order valence-corrected chi connectivity index (χ1v) is 8.00. The van der Waals surface area contributed by atoms with Gasteiger partial charge in [-0.15, -0.1) is 11.3 Å². The van der Waals surface area contributed by atoms with E-state index in [0.717, 1.165) is 29.0 Å². The van der Waals surface area contributed by atoms with Crippen molar-refractivity contribution in [3.63, 3.8) is 0 Å². The molecule has 0 spiro atoms. The Bertz CT molecular complexity index is 809. The molecule has 1 N–H and O–H groups in total. The Kier molecular flexibility index (Phi) is 2.98. The molecule has 0 fully saturated rings. The average Bonchev–Trinajstić information content (AvgIpc) is 3.15. The highest BCUT2D eigenvalue weighted by Gasteiger charge is 2.20. The first kappa shape index (κ1) is 12.9. The fourth-order valence-electron chi connectivity index (χ4n) is 3.25. The third-order valence-corrected chi connectivity index (χ3v) is 5.27. The van der Waals surface area contributed by atoms with E-state index in [-0.39, 0.29) is 0 Å². The molecule has 1 aromatic heterocycles. The predicted molar refractivity (Wildman–Crippen MR) is 86.3 cm³/mol. The van der Waals surface area contributed by atoms with E-state index in [4.69, 9.17) is 4.74 Å². The Morgan fingerprint density at radius 2 is 1.95 bits per heavy atom. The Morgan fingerprint density at radius 1 is 1.14 bits per heavy atom. The molecule has 2 aromatic carbocycles. The van der Waals surface area contributed by atoms with Gasteiger partial charge in [-0.3, -0.25) is 0 Å². The maximum absolute atomic E-state index is 10.8. The van der Waals surface area contributed by atoms with Crippen LogP contribution >= 0.6 is 11.3 Å². The van der Waals surface area contributed by atoms with Crippen LogP contribution in [0, 0.1) is 0 Å². The summed E-state index contributed by atoms with van der Waals surface area (Å²) in [4.78, 5) is 0.922. The maximum atomic E-state index is 10.8. The van der Waals surface area contributed by atoms with E-state index in [1.54, 1.807) is 7.11 Å². The molecule has 2 nitrogen and oxygen atoms in total. The normalized spacial score (nSPS) is 14.6. The SMILES string of the molecule is COc1csc(C(O)c2ccc3c4c(cccc24)CC3)c1. The van der Waals surface area contributed by atoms with E-state index in [9.17, 15) is 5.11 Å². The largest absolute Gasteiger partial charge is 0.496 e. The number of methoxy groups -OCH3 is 1. The van der Waals surface area contributed by atoms with Gasteiger partial charge in [0.1, 0.15) is 11.9 Å². The lowest BCUT2D eigenvalue weighted by atomic mass is 9.96. The van der Waals surface area contributed by atoms with Crippen LogP contribution in [0.3, 0.4) is 0 Å². The molecule has 3 aromatic rings. The molecule has 4 rings (SSSR count). The summed E-state index contributed by atoms with van der Waals surface area (Å²) in [6.07, 6.45) is 1.63. The zero-order chi connectivity index (χ0) is 14.4. The van der Waals surface area contributed by atoms with E-state index in [1.165, 1.54) is 33.2 Å². The summed E-state index contributed by atoms with van der Waals surface area (Å²) in [5.74, 6) is 0.806. The second kappa shape index (κ2) is 4.86. The standard InChI is InChI=1S/C18H16O2S/c1-20-13-9-16(21-10-13)18(19)15-8-7-12-6-5-11-3-2-4-14(15)17(11)12/h2-4,7-10,18-19H,5-6H2,1H3. The van der Waals surface area contributed by atoms with Gasteiger partial charge >= 0.3 is 0 Å². The summed E-state index contributed by atoms with van der Waals surface area (Å²) in [5, 5.41) is 15.2. The van der Waals surface area contributed by atoms with E-state index in [1.807, 2.05) is 11.4 Å². The summed E-state index contributed by atoms with van der Waals surface area (Å²) in [6.45, 7) is 0. The van der Waals surface area contributed by atoms with Gasteiger partial charge in [0.25, 0.3) is 0 Å². The molecule has 0 saturated heterocycles. The second-order valence-corrected chi connectivity index (χ2v) is 6.39. The van der Waals surface area contributed by atoms with Crippen LogP contribution < -0.4 is 4.74 Å². The number of rotatable bonds is 3. The quantitative estimate of drug-likeness (QED) is 0.789. The van der Waals surface area contributed by atoms with Crippen LogP contribution in [-0.2, 0) is 12.8 Å². The summed E-state index contributed by atoms with van der Waals surface area (Å²) < 4.78 is 5.22. The highest BCUT2D eigenvalue weighted by molar-refractivity contribution is 7.10. The number of hydrogen-bond donors (Lipinski definition) is 1. The molecule has 106 valence electrons. The molecule has 0 amide bonds. The first-order valence-electron chi connectivity index (χ1n) is 7.12. The van der Waals surface area contributed by atoms with Crippen molar-refractivity contribution >= 4 is 22.1 Å². The highest BCUT2D eigenvalue weighted by atomic mass is 32.1. The molecule has 0 radical (unpaired) electrons. The Balaban J connectivity index is 1.87. The zero-order valence-electron chi connectivity index (χ0n) is 11.8. The molecule has 1 aliphatic carbocycles. The van der Waals surface area contributed by atoms with Gasteiger partial charge < -0.3 is 9.84 Å². The van der Waals surface area contributed by atoms with Gasteiger partial charge in [-0.1, -0.05) is 30.3 Å². The van der Waals surface area contributed by atoms with Crippen molar-refractivity contribution in [2.24, 2.45) is 0 Å². The highest BCUT2D eigenvalue weighted by Crippen LogP contribution is 2.38. The molecule has 0 aliphatic heterocycles. The molecule has 0 bridgehead atoms. The lowest BCUT2D eigenvalue weighted by Crippen LogP contribution is -1.99. The van der Waals surface area contributed by atoms with Gasteiger partial charge in [-0.25, -0.2) is 0 Å². The molecular weight excluding hydrogens is 280 g/mol. The smallest absolute Gasteiger partial charge is 0.129 e. The third kappa shape index (κ3) is 1.96. The topological polar surface area (TPSA) is 29.5 Å². The summed E-state index contributed by atoms with van der Waals surface area (Å²) in [7, 11) is 1.65. The Hall–Kier alpha value is -1.84. The number of aliphatic hydroxyl groups is 1. The van der Waals surface area contributed by atoms with Crippen molar-refractivity contribution in [2.75, 3.05) is 7.11 Å². The van der Waals surface area contributed by atoms with Crippen LogP contribution in [0.25, 0.3) is 10.8 Å². The van der Waals surface area contributed by atoms with Crippen LogP contribution in [0.2, 0.25) is 0 Å². The van der Waals surface area contributed by atoms with Crippen LogP contribution in [0.15, 0.2) is 41.8 Å². The van der Waals surface area contributed by atoms with Crippen molar-refractivity contribution in [1.82, 2.24) is 0 Å². The fraction of sp³-hybridized carbons (Fsp3) is 0.222. The van der Waals surface area contributed by atoms with Crippen molar-refractivity contribution in [2.45, 2.75) is 18.9 Å². The maximum Gasteiger partial charge on any atom is 0.129 e. The first-order chi connectivity index (χ1) is 10.3. The number of aliphatic hydroxyl groups excluding tert-OH is 1. The lowest BCUT2D eigenvalue weighted by molar-refractivity contribution is 0.225. The third-order valence-electron chi connectivity index (χ3n) is 4.31. The number of ether oxygens (including phenoxy) is 1. The molecular formula is C18H16O2S. The minimum atomic E-state index is -0.594. The van der Waals surface area contributed by atoms with Gasteiger partial charge in [0.2, 0.25) is 0 Å². The summed E-state index contributed by atoms with van der Waals surface area (Å²) in [6, 6.07) is 12.6. The van der Waals surface area contributed by atoms with Crippen LogP contribution in [0.5, 0.6) is 5.75 Å². The number of thiophene rings is 1. The average molecular weight is 296 g/mol. The van der Waals surface area contributed by atoms with Gasteiger partial charge in [0.05, 0.1) is 7.11 Å². The molecule has 3 heteroatoms. The van der Waals surface area contributed by atoms with Crippen molar-refractivity contribution in [1.29, 1.82) is 0 Å². The lowest BCUT2D eigenvalue weighted by Gasteiger charge is -2.13. The van der Waals surface area contributed by atoms with Crippen LogP contribution in [0.4, 0.5) is 0 Å². The minimum absolute atomic E-state index is 0.594. The Morgan fingerprint density at radius 3 is 2.71 bits per heavy atom. The van der Waals surface area contributed by atoms with Crippen molar-refractivity contribution < 1.29 is 9.84 Å². The van der Waals surface area contributed by atoms with Crippen LogP contribution in [0.1, 0.15) is 27.7 Å². The number of aryl methyl sites for hydroxylation is 2. The number of hydrogen-bond acceptors (Lipinski definition) is 3. The van der Waals surface area contributed by atoms with Gasteiger partial charge in [-0.2, -0.15) is 0 Å². The Labute approximate surface area is 127 Å². The van der Waals surface area contributed by atoms with Gasteiger partial charge in [-0.05, 0) is 46.4 Å². The van der Waals surface area contributed by atoms with E-state index in [0.29, 0.717) is 0 Å². The van der Waals surface area contributed by atoms with E-state index < -0.39 is 6.10 Å². The molecule has 21 heavy (non-hydrogen) atoms. The summed E-state index contributed by atoms with van der Waals surface area (Å²) >= 11 is 1.53. The zero-order valence-corrected chi connectivity index (χ0v) is 12.6. The molecule has 1 atom stereocenters.